The Balaban J connectivity index is 1.31. The second-order valence-electron chi connectivity index (χ2n) is 8.67. The Morgan fingerprint density at radius 2 is 1.74 bits per heavy atom. The lowest BCUT2D eigenvalue weighted by atomic mass is 9.91. The van der Waals surface area contributed by atoms with Gasteiger partial charge in [0.05, 0.1) is 11.4 Å². The first-order valence-electron chi connectivity index (χ1n) is 11.2. The van der Waals surface area contributed by atoms with Crippen LogP contribution in [0.5, 0.6) is 0 Å². The zero-order valence-electron chi connectivity index (χ0n) is 18.2. The number of halogens is 1. The summed E-state index contributed by atoms with van der Waals surface area (Å²) in [5.41, 5.74) is 3.36. The minimum atomic E-state index is -0.130. The largest absolute Gasteiger partial charge is 0.362 e. The topological polar surface area (TPSA) is 82.2 Å². The fraction of sp³-hybridized carbons (Fsp3) is 0.522. The number of carbonyl (C=O) groups is 1. The van der Waals surface area contributed by atoms with Crippen molar-refractivity contribution in [1.82, 2.24) is 15.3 Å². The summed E-state index contributed by atoms with van der Waals surface area (Å²) in [6.07, 6.45) is 8.42. The molecule has 1 aromatic heterocycles. The van der Waals surface area contributed by atoms with Crippen molar-refractivity contribution in [3.05, 3.63) is 39.1 Å². The van der Waals surface area contributed by atoms with Crippen LogP contribution in [0.25, 0.3) is 0 Å². The van der Waals surface area contributed by atoms with Crippen molar-refractivity contribution in [2.75, 3.05) is 29.6 Å². The monoisotopic (exact) mass is 534 g/mol. The summed E-state index contributed by atoms with van der Waals surface area (Å²) < 4.78 is 1.03. The summed E-state index contributed by atoms with van der Waals surface area (Å²) in [6.45, 7) is 0. The maximum atomic E-state index is 12.4. The second kappa shape index (κ2) is 10.0. The summed E-state index contributed by atoms with van der Waals surface area (Å²) in [6, 6.07) is 8.20. The molecule has 0 bridgehead atoms. The summed E-state index contributed by atoms with van der Waals surface area (Å²) in [5, 5.41) is 9.65. The average molecular weight is 534 g/mol. The van der Waals surface area contributed by atoms with E-state index in [1.54, 1.807) is 0 Å². The number of benzene rings is 1. The number of hydrogen-bond donors (Lipinski definition) is 3. The minimum Gasteiger partial charge on any atom is -0.362 e. The predicted octanol–water partition coefficient (Wildman–Crippen LogP) is 4.57. The highest BCUT2D eigenvalue weighted by Crippen LogP contribution is 2.29. The number of anilines is 3. The third-order valence-electron chi connectivity index (χ3n) is 6.10. The van der Waals surface area contributed by atoms with Crippen LogP contribution in [0.15, 0.2) is 24.3 Å². The number of carbonyl (C=O) groups excluding carboxylic acids is 1. The third-order valence-corrected chi connectivity index (χ3v) is 7.04. The van der Waals surface area contributed by atoms with E-state index in [1.165, 1.54) is 24.1 Å². The molecular formula is C23H31IN6O. The number of aryl methyl sites for hydroxylation is 1. The molecular weight excluding hydrogens is 503 g/mol. The summed E-state index contributed by atoms with van der Waals surface area (Å²) in [4.78, 5) is 24.1. The summed E-state index contributed by atoms with van der Waals surface area (Å²) in [5.74, 6) is 1.80. The lowest BCUT2D eigenvalue weighted by Crippen LogP contribution is -2.42. The molecule has 0 unspecified atom stereocenters. The standard InChI is InChI=1S/C23H31IN6O/c1-30(2)21-17-7-3-5-9-19(17)27-22(29-21)25-15-11-13-16(14-12-15)26-23(31)28-20-10-6-4-8-18(20)24/h4,6,8,10,15-16H,3,5,7,9,11-14H2,1-2H3,(H,25,27,29)(H2,26,28,31). The van der Waals surface area contributed by atoms with Crippen LogP contribution in [-0.4, -0.2) is 42.2 Å². The van der Waals surface area contributed by atoms with E-state index in [4.69, 9.17) is 9.97 Å². The van der Waals surface area contributed by atoms with E-state index in [0.29, 0.717) is 6.04 Å². The Hall–Kier alpha value is -2.10. The molecule has 2 aromatic rings. The van der Waals surface area contributed by atoms with E-state index in [-0.39, 0.29) is 12.1 Å². The number of aromatic nitrogens is 2. The number of nitrogens with one attached hydrogen (secondary N) is 3. The molecule has 2 amide bonds. The van der Waals surface area contributed by atoms with E-state index < -0.39 is 0 Å². The molecule has 7 nitrogen and oxygen atoms in total. The fourth-order valence-electron chi connectivity index (χ4n) is 4.48. The van der Waals surface area contributed by atoms with Gasteiger partial charge in [-0.25, -0.2) is 9.78 Å². The summed E-state index contributed by atoms with van der Waals surface area (Å²) >= 11 is 2.23. The van der Waals surface area contributed by atoms with E-state index in [0.717, 1.165) is 59.5 Å². The highest BCUT2D eigenvalue weighted by atomic mass is 127. The Kier molecular flexibility index (Phi) is 7.14. The first-order chi connectivity index (χ1) is 15.0. The molecule has 0 atom stereocenters. The summed E-state index contributed by atoms with van der Waals surface area (Å²) in [7, 11) is 4.11. The smallest absolute Gasteiger partial charge is 0.319 e. The van der Waals surface area contributed by atoms with Crippen LogP contribution in [0.2, 0.25) is 0 Å². The van der Waals surface area contributed by atoms with Crippen LogP contribution in [0, 0.1) is 3.57 Å². The van der Waals surface area contributed by atoms with Crippen LogP contribution < -0.4 is 20.9 Å². The van der Waals surface area contributed by atoms with Gasteiger partial charge < -0.3 is 20.9 Å². The van der Waals surface area contributed by atoms with Crippen molar-refractivity contribution in [1.29, 1.82) is 0 Å². The molecule has 4 rings (SSSR count). The molecule has 2 aliphatic carbocycles. The molecule has 1 saturated carbocycles. The van der Waals surface area contributed by atoms with E-state index >= 15 is 0 Å². The first kappa shape index (κ1) is 22.1. The molecule has 31 heavy (non-hydrogen) atoms. The van der Waals surface area contributed by atoms with Gasteiger partial charge in [0.1, 0.15) is 5.82 Å². The minimum absolute atomic E-state index is 0.130. The Labute approximate surface area is 197 Å². The molecule has 1 aromatic carbocycles. The maximum absolute atomic E-state index is 12.4. The highest BCUT2D eigenvalue weighted by molar-refractivity contribution is 14.1. The van der Waals surface area contributed by atoms with Crippen molar-refractivity contribution in [2.45, 2.75) is 63.5 Å². The van der Waals surface area contributed by atoms with Gasteiger partial charge in [0.15, 0.2) is 0 Å². The lowest BCUT2D eigenvalue weighted by Gasteiger charge is -2.30. The zero-order valence-corrected chi connectivity index (χ0v) is 20.4. The first-order valence-corrected chi connectivity index (χ1v) is 12.2. The molecule has 0 spiro atoms. The molecule has 3 N–H and O–H groups in total. The molecule has 1 heterocycles. The van der Waals surface area contributed by atoms with E-state index in [2.05, 4.69) is 57.5 Å². The van der Waals surface area contributed by atoms with Crippen LogP contribution in [0.3, 0.4) is 0 Å². The Bertz CT molecular complexity index is 926. The van der Waals surface area contributed by atoms with Gasteiger partial charge in [-0.05, 0) is 86.1 Å². The molecule has 0 aliphatic heterocycles. The fourth-order valence-corrected chi connectivity index (χ4v) is 5.00. The van der Waals surface area contributed by atoms with Gasteiger partial charge in [0, 0.05) is 35.3 Å². The van der Waals surface area contributed by atoms with Crippen LogP contribution in [0.1, 0.15) is 49.8 Å². The molecule has 8 heteroatoms. The maximum Gasteiger partial charge on any atom is 0.319 e. The average Bonchev–Trinajstić information content (AvgIpc) is 2.76. The molecule has 0 radical (unpaired) electrons. The number of fused-ring (bicyclic) bond motifs is 1. The van der Waals surface area contributed by atoms with Gasteiger partial charge in [0.2, 0.25) is 5.95 Å². The number of amides is 2. The van der Waals surface area contributed by atoms with Gasteiger partial charge in [-0.3, -0.25) is 0 Å². The highest BCUT2D eigenvalue weighted by Gasteiger charge is 2.25. The number of hydrogen-bond acceptors (Lipinski definition) is 5. The lowest BCUT2D eigenvalue weighted by molar-refractivity contribution is 0.243. The zero-order chi connectivity index (χ0) is 21.8. The normalized spacial score (nSPS) is 20.5. The van der Waals surface area contributed by atoms with Crippen LogP contribution >= 0.6 is 22.6 Å². The van der Waals surface area contributed by atoms with Crippen molar-refractivity contribution in [2.24, 2.45) is 0 Å². The second-order valence-corrected chi connectivity index (χ2v) is 9.83. The van der Waals surface area contributed by atoms with Gasteiger partial charge >= 0.3 is 6.03 Å². The van der Waals surface area contributed by atoms with Gasteiger partial charge in [-0.2, -0.15) is 4.98 Å². The van der Waals surface area contributed by atoms with Crippen molar-refractivity contribution in [3.8, 4) is 0 Å². The van der Waals surface area contributed by atoms with E-state index in [9.17, 15) is 4.79 Å². The SMILES string of the molecule is CN(C)c1nc(NC2CCC(NC(=O)Nc3ccccc3I)CC2)nc2c1CCCC2. The van der Waals surface area contributed by atoms with Gasteiger partial charge in [-0.15, -0.1) is 0 Å². The van der Waals surface area contributed by atoms with E-state index in [1.807, 2.05) is 24.3 Å². The van der Waals surface area contributed by atoms with Crippen molar-refractivity contribution < 1.29 is 4.79 Å². The molecule has 1 fully saturated rings. The van der Waals surface area contributed by atoms with Crippen LogP contribution in [0.4, 0.5) is 22.2 Å². The predicted molar refractivity (Wildman–Crippen MR) is 134 cm³/mol. The van der Waals surface area contributed by atoms with Gasteiger partial charge in [0.25, 0.3) is 0 Å². The number of rotatable bonds is 5. The third kappa shape index (κ3) is 5.58. The quantitative estimate of drug-likeness (QED) is 0.490. The number of nitrogens with zero attached hydrogens (tertiary/aromatic N) is 3. The molecule has 0 saturated heterocycles. The van der Waals surface area contributed by atoms with Crippen LogP contribution in [-0.2, 0) is 12.8 Å². The van der Waals surface area contributed by atoms with Gasteiger partial charge in [-0.1, -0.05) is 12.1 Å². The Morgan fingerprint density at radius 1 is 1.03 bits per heavy atom. The molecule has 2 aliphatic rings. The van der Waals surface area contributed by atoms with Crippen molar-refractivity contribution >= 4 is 46.1 Å². The Morgan fingerprint density at radius 3 is 2.48 bits per heavy atom. The number of urea groups is 1. The molecule has 166 valence electrons. The van der Waals surface area contributed by atoms with Crippen molar-refractivity contribution in [3.63, 3.8) is 0 Å². The number of para-hydroxylation sites is 1.